The third-order valence-corrected chi connectivity index (χ3v) is 6.48. The maximum absolute atomic E-state index is 13.3. The molecule has 0 spiro atoms. The van der Waals surface area contributed by atoms with Crippen LogP contribution in [-0.2, 0) is 23.6 Å². The Morgan fingerprint density at radius 3 is 2.38 bits per heavy atom. The smallest absolute Gasteiger partial charge is 0.245 e. The van der Waals surface area contributed by atoms with Crippen LogP contribution in [0, 0.1) is 5.82 Å². The Labute approximate surface area is 139 Å². The van der Waals surface area contributed by atoms with Crippen LogP contribution in [0.15, 0.2) is 38.4 Å². The van der Waals surface area contributed by atoms with Crippen LogP contribution in [0.5, 0.6) is 0 Å². The summed E-state index contributed by atoms with van der Waals surface area (Å²) >= 11 is 6.20. The van der Waals surface area contributed by atoms with Gasteiger partial charge < -0.3 is 0 Å². The first-order valence-corrected chi connectivity index (χ1v) is 8.83. The molecule has 2 rings (SSSR count). The lowest BCUT2D eigenvalue weighted by Crippen LogP contribution is -2.27. The zero-order valence-corrected chi connectivity index (χ0v) is 15.2. The molecule has 0 fully saturated rings. The number of benzene rings is 1. The minimum absolute atomic E-state index is 0.00436. The number of nitrogens with zero attached hydrogens (tertiary/aromatic N) is 3. The third kappa shape index (κ3) is 3.53. The largest absolute Gasteiger partial charge is 0.275 e. The Bertz CT molecular complexity index is 754. The molecule has 0 atom stereocenters. The lowest BCUT2D eigenvalue weighted by atomic mass is 10.3. The fraction of sp³-hybridized carbons (Fsp3) is 0.250. The van der Waals surface area contributed by atoms with E-state index in [9.17, 15) is 12.8 Å². The normalized spacial score (nSPS) is 12.1. The average Bonchev–Trinajstić information content (AvgIpc) is 2.72. The van der Waals surface area contributed by atoms with Crippen molar-refractivity contribution >= 4 is 41.9 Å². The van der Waals surface area contributed by atoms with Gasteiger partial charge in [-0.3, -0.25) is 4.68 Å². The minimum atomic E-state index is -3.77. The summed E-state index contributed by atoms with van der Waals surface area (Å²) in [4.78, 5) is -0.00436. The molecule has 1 aromatic heterocycles. The van der Waals surface area contributed by atoms with Crippen molar-refractivity contribution in [1.82, 2.24) is 14.1 Å². The molecular formula is C12H12Br2FN3O2S. The molecule has 0 aliphatic carbocycles. The van der Waals surface area contributed by atoms with Crippen molar-refractivity contribution in [1.29, 1.82) is 0 Å². The molecule has 1 aromatic carbocycles. The molecule has 0 bridgehead atoms. The molecule has 0 aliphatic rings. The van der Waals surface area contributed by atoms with E-state index in [0.29, 0.717) is 0 Å². The highest BCUT2D eigenvalue weighted by molar-refractivity contribution is 9.11. The van der Waals surface area contributed by atoms with Gasteiger partial charge in [-0.25, -0.2) is 12.8 Å². The Balaban J connectivity index is 2.38. The Morgan fingerprint density at radius 1 is 1.33 bits per heavy atom. The highest BCUT2D eigenvalue weighted by Crippen LogP contribution is 2.33. The lowest BCUT2D eigenvalue weighted by molar-refractivity contribution is 0.465. The van der Waals surface area contributed by atoms with Crippen LogP contribution in [0.2, 0.25) is 0 Å². The molecule has 0 saturated heterocycles. The van der Waals surface area contributed by atoms with Crippen molar-refractivity contribution in [3.05, 3.63) is 44.9 Å². The Hall–Kier alpha value is -0.770. The Kier molecular flexibility index (Phi) is 4.86. The molecule has 9 heteroatoms. The van der Waals surface area contributed by atoms with E-state index in [1.54, 1.807) is 24.1 Å². The van der Waals surface area contributed by atoms with Crippen LogP contribution in [0.3, 0.4) is 0 Å². The van der Waals surface area contributed by atoms with E-state index in [4.69, 9.17) is 0 Å². The third-order valence-electron chi connectivity index (χ3n) is 2.79. The van der Waals surface area contributed by atoms with Crippen LogP contribution >= 0.6 is 31.9 Å². The molecule has 1 heterocycles. The summed E-state index contributed by atoms with van der Waals surface area (Å²) in [6, 6.07) is 2.24. The second-order valence-electron chi connectivity index (χ2n) is 4.48. The molecule has 0 saturated carbocycles. The van der Waals surface area contributed by atoms with E-state index >= 15 is 0 Å². The monoisotopic (exact) mass is 439 g/mol. The second kappa shape index (κ2) is 6.15. The number of halogens is 3. The summed E-state index contributed by atoms with van der Waals surface area (Å²) in [5.41, 5.74) is 0.762. The van der Waals surface area contributed by atoms with Crippen molar-refractivity contribution in [2.75, 3.05) is 7.05 Å². The fourth-order valence-corrected chi connectivity index (χ4v) is 5.43. The molecule has 0 radical (unpaired) electrons. The van der Waals surface area contributed by atoms with Gasteiger partial charge >= 0.3 is 0 Å². The van der Waals surface area contributed by atoms with E-state index in [-0.39, 0.29) is 20.4 Å². The predicted molar refractivity (Wildman–Crippen MR) is 83.7 cm³/mol. The summed E-state index contributed by atoms with van der Waals surface area (Å²) in [5.74, 6) is -0.525. The minimum Gasteiger partial charge on any atom is -0.275 e. The second-order valence-corrected chi connectivity index (χ2v) is 8.17. The first-order valence-electron chi connectivity index (χ1n) is 5.80. The van der Waals surface area contributed by atoms with Gasteiger partial charge in [0.15, 0.2) is 0 Å². The van der Waals surface area contributed by atoms with Crippen LogP contribution in [0.1, 0.15) is 5.56 Å². The van der Waals surface area contributed by atoms with Gasteiger partial charge in [-0.15, -0.1) is 0 Å². The summed E-state index contributed by atoms with van der Waals surface area (Å²) < 4.78 is 41.6. The van der Waals surface area contributed by atoms with Crippen molar-refractivity contribution in [2.45, 2.75) is 11.4 Å². The zero-order valence-electron chi connectivity index (χ0n) is 11.2. The molecule has 2 aromatic rings. The number of hydrogen-bond acceptors (Lipinski definition) is 3. The average molecular weight is 441 g/mol. The fourth-order valence-electron chi connectivity index (χ4n) is 1.83. The Morgan fingerprint density at radius 2 is 1.90 bits per heavy atom. The molecule has 0 aliphatic heterocycles. The summed E-state index contributed by atoms with van der Waals surface area (Å²) in [6.45, 7) is 0.173. The van der Waals surface area contributed by atoms with Crippen LogP contribution in [0.4, 0.5) is 4.39 Å². The van der Waals surface area contributed by atoms with Gasteiger partial charge in [-0.2, -0.15) is 9.40 Å². The van der Waals surface area contributed by atoms with Crippen molar-refractivity contribution in [3.63, 3.8) is 0 Å². The van der Waals surface area contributed by atoms with Gasteiger partial charge in [0.25, 0.3) is 0 Å². The van der Waals surface area contributed by atoms with Gasteiger partial charge in [-0.1, -0.05) is 0 Å². The van der Waals surface area contributed by atoms with Crippen molar-refractivity contribution < 1.29 is 12.8 Å². The SMILES string of the molecule is CN(Cc1cnn(C)c1)S(=O)(=O)c1c(Br)cc(F)cc1Br. The van der Waals surface area contributed by atoms with Crippen molar-refractivity contribution in [2.24, 2.45) is 7.05 Å². The van der Waals surface area contributed by atoms with E-state index < -0.39 is 15.8 Å². The van der Waals surface area contributed by atoms with Gasteiger partial charge in [-0.05, 0) is 44.0 Å². The van der Waals surface area contributed by atoms with Gasteiger partial charge in [0.2, 0.25) is 10.0 Å². The highest BCUT2D eigenvalue weighted by atomic mass is 79.9. The van der Waals surface area contributed by atoms with Crippen molar-refractivity contribution in [3.8, 4) is 0 Å². The number of aromatic nitrogens is 2. The number of sulfonamides is 1. The first kappa shape index (κ1) is 16.6. The number of aryl methyl sites for hydroxylation is 1. The summed E-state index contributed by atoms with van der Waals surface area (Å²) in [7, 11) is -0.552. The molecule has 0 amide bonds. The molecule has 21 heavy (non-hydrogen) atoms. The predicted octanol–water partition coefficient (Wildman–Crippen LogP) is 2.90. The lowest BCUT2D eigenvalue weighted by Gasteiger charge is -2.18. The first-order chi connectivity index (χ1) is 9.71. The summed E-state index contributed by atoms with van der Waals surface area (Å²) in [6.07, 6.45) is 3.33. The zero-order chi connectivity index (χ0) is 15.8. The van der Waals surface area contributed by atoms with Crippen LogP contribution in [0.25, 0.3) is 0 Å². The van der Waals surface area contributed by atoms with Gasteiger partial charge in [0.05, 0.1) is 6.20 Å². The topological polar surface area (TPSA) is 55.2 Å². The van der Waals surface area contributed by atoms with Crippen LogP contribution < -0.4 is 0 Å². The van der Waals surface area contributed by atoms with Gasteiger partial charge in [0, 0.05) is 41.3 Å². The van der Waals surface area contributed by atoms with E-state index in [2.05, 4.69) is 37.0 Å². The quantitative estimate of drug-likeness (QED) is 0.734. The number of rotatable bonds is 4. The van der Waals surface area contributed by atoms with Gasteiger partial charge in [0.1, 0.15) is 10.7 Å². The highest BCUT2D eigenvalue weighted by Gasteiger charge is 2.27. The van der Waals surface area contributed by atoms with E-state index in [1.807, 2.05) is 0 Å². The molecule has 5 nitrogen and oxygen atoms in total. The maximum atomic E-state index is 13.3. The molecule has 114 valence electrons. The van der Waals surface area contributed by atoms with E-state index in [0.717, 1.165) is 17.7 Å². The molecular weight excluding hydrogens is 429 g/mol. The van der Waals surface area contributed by atoms with E-state index in [1.165, 1.54) is 11.4 Å². The summed E-state index contributed by atoms with van der Waals surface area (Å²) in [5, 5.41) is 4.00. The molecule has 0 N–H and O–H groups in total. The number of hydrogen-bond donors (Lipinski definition) is 0. The molecule has 0 unspecified atom stereocenters. The standard InChI is InChI=1S/C12H12Br2FN3O2S/c1-17-6-8(5-16-17)7-18(2)21(19,20)12-10(13)3-9(15)4-11(12)14/h3-6H,7H2,1-2H3. The maximum Gasteiger partial charge on any atom is 0.245 e. The van der Waals surface area contributed by atoms with Crippen LogP contribution in [-0.4, -0.2) is 29.6 Å².